The Kier molecular flexibility index (Phi) is 2.82. The number of nitrogens with one attached hydrogen (secondary N) is 1. The first kappa shape index (κ1) is 11.2. The second kappa shape index (κ2) is 4.29. The first-order valence-electron chi connectivity index (χ1n) is 5.15. The maximum absolute atomic E-state index is 11.8. The highest BCUT2D eigenvalue weighted by atomic mass is 16.5. The molecule has 0 unspecified atom stereocenters. The first-order valence-corrected chi connectivity index (χ1v) is 5.15. The number of aromatic carboxylic acids is 1. The van der Waals surface area contributed by atoms with E-state index in [0.29, 0.717) is 10.9 Å². The summed E-state index contributed by atoms with van der Waals surface area (Å²) >= 11 is 0. The Morgan fingerprint density at radius 2 is 2.12 bits per heavy atom. The van der Waals surface area contributed by atoms with Crippen LogP contribution >= 0.6 is 0 Å². The molecule has 0 fully saturated rings. The van der Waals surface area contributed by atoms with Gasteiger partial charge in [0.2, 0.25) is 0 Å². The van der Waals surface area contributed by atoms with Gasteiger partial charge in [0.25, 0.3) is 0 Å². The fraction of sp³-hybridized carbons (Fsp3) is 0.167. The molecule has 1 heterocycles. The van der Waals surface area contributed by atoms with Gasteiger partial charge in [-0.15, -0.1) is 0 Å². The van der Waals surface area contributed by atoms with Gasteiger partial charge in [0.05, 0.1) is 17.7 Å². The van der Waals surface area contributed by atoms with Crippen LogP contribution in [0.1, 0.15) is 27.6 Å². The van der Waals surface area contributed by atoms with E-state index >= 15 is 0 Å². The van der Waals surface area contributed by atoms with Crippen molar-refractivity contribution in [1.29, 1.82) is 0 Å². The number of ether oxygens (including phenoxy) is 1. The Labute approximate surface area is 97.0 Å². The summed E-state index contributed by atoms with van der Waals surface area (Å²) in [5.74, 6) is -1.76. The van der Waals surface area contributed by atoms with Crippen molar-refractivity contribution >= 4 is 22.8 Å². The Morgan fingerprint density at radius 1 is 1.35 bits per heavy atom. The number of hydrogen-bond acceptors (Lipinski definition) is 3. The van der Waals surface area contributed by atoms with Crippen LogP contribution < -0.4 is 0 Å². The van der Waals surface area contributed by atoms with Crippen molar-refractivity contribution in [3.05, 3.63) is 35.5 Å². The van der Waals surface area contributed by atoms with E-state index < -0.39 is 11.9 Å². The summed E-state index contributed by atoms with van der Waals surface area (Å²) in [7, 11) is 0. The van der Waals surface area contributed by atoms with E-state index in [9.17, 15) is 9.59 Å². The number of carbonyl (C=O) groups is 2. The van der Waals surface area contributed by atoms with Crippen LogP contribution in [0.5, 0.6) is 0 Å². The molecule has 5 nitrogen and oxygen atoms in total. The molecule has 0 aliphatic carbocycles. The zero-order valence-electron chi connectivity index (χ0n) is 9.19. The van der Waals surface area contributed by atoms with E-state index in [1.165, 1.54) is 6.07 Å². The van der Waals surface area contributed by atoms with Crippen molar-refractivity contribution < 1.29 is 19.4 Å². The number of aromatic nitrogens is 1. The van der Waals surface area contributed by atoms with E-state index in [1.54, 1.807) is 25.3 Å². The molecule has 0 spiro atoms. The Morgan fingerprint density at radius 3 is 2.76 bits per heavy atom. The zero-order chi connectivity index (χ0) is 12.4. The highest BCUT2D eigenvalue weighted by molar-refractivity contribution is 6.11. The predicted molar refractivity (Wildman–Crippen MR) is 61.2 cm³/mol. The van der Waals surface area contributed by atoms with Crippen LogP contribution in [0.3, 0.4) is 0 Å². The predicted octanol–water partition coefficient (Wildman–Crippen LogP) is 2.04. The molecule has 0 bridgehead atoms. The van der Waals surface area contributed by atoms with E-state index in [4.69, 9.17) is 9.84 Å². The Bertz CT molecular complexity index is 585. The number of fused-ring (bicyclic) bond motifs is 1. The van der Waals surface area contributed by atoms with Crippen molar-refractivity contribution in [3.8, 4) is 0 Å². The third kappa shape index (κ3) is 1.87. The SMILES string of the molecule is CCOC(=O)c1c(C(=O)O)ccc2[nH]ccc12. The quantitative estimate of drug-likeness (QED) is 0.795. The summed E-state index contributed by atoms with van der Waals surface area (Å²) in [5, 5.41) is 9.62. The molecule has 0 radical (unpaired) electrons. The maximum Gasteiger partial charge on any atom is 0.339 e. The molecule has 88 valence electrons. The number of H-pyrrole nitrogens is 1. The molecule has 2 aromatic rings. The van der Waals surface area contributed by atoms with Gasteiger partial charge in [-0.2, -0.15) is 0 Å². The number of esters is 1. The average Bonchev–Trinajstić information content (AvgIpc) is 2.75. The molecule has 2 N–H and O–H groups in total. The number of carbonyl (C=O) groups excluding carboxylic acids is 1. The summed E-state index contributed by atoms with van der Waals surface area (Å²) < 4.78 is 4.88. The van der Waals surface area contributed by atoms with Gasteiger partial charge in [-0.05, 0) is 25.1 Å². The normalized spacial score (nSPS) is 10.4. The highest BCUT2D eigenvalue weighted by Gasteiger charge is 2.21. The topological polar surface area (TPSA) is 79.4 Å². The van der Waals surface area contributed by atoms with E-state index in [0.717, 1.165) is 0 Å². The number of aromatic amines is 1. The van der Waals surface area contributed by atoms with Gasteiger partial charge in [0.1, 0.15) is 0 Å². The van der Waals surface area contributed by atoms with Crippen LogP contribution in [0, 0.1) is 0 Å². The lowest BCUT2D eigenvalue weighted by Crippen LogP contribution is -2.12. The van der Waals surface area contributed by atoms with Crippen LogP contribution in [-0.4, -0.2) is 28.6 Å². The van der Waals surface area contributed by atoms with Gasteiger partial charge in [-0.3, -0.25) is 0 Å². The first-order chi connectivity index (χ1) is 8.15. The van der Waals surface area contributed by atoms with Crippen LogP contribution in [0.15, 0.2) is 24.4 Å². The molecular weight excluding hydrogens is 222 g/mol. The molecule has 2 rings (SSSR count). The number of benzene rings is 1. The minimum Gasteiger partial charge on any atom is -0.478 e. The largest absolute Gasteiger partial charge is 0.478 e. The van der Waals surface area contributed by atoms with Crippen LogP contribution in [0.4, 0.5) is 0 Å². The van der Waals surface area contributed by atoms with Crippen molar-refractivity contribution in [2.24, 2.45) is 0 Å². The van der Waals surface area contributed by atoms with E-state index in [-0.39, 0.29) is 17.7 Å². The van der Waals surface area contributed by atoms with Crippen molar-refractivity contribution in [1.82, 2.24) is 4.98 Å². The zero-order valence-corrected chi connectivity index (χ0v) is 9.19. The van der Waals surface area contributed by atoms with Crippen LogP contribution in [-0.2, 0) is 4.74 Å². The highest BCUT2D eigenvalue weighted by Crippen LogP contribution is 2.22. The summed E-state index contributed by atoms with van der Waals surface area (Å²) in [4.78, 5) is 25.8. The second-order valence-corrected chi connectivity index (χ2v) is 3.45. The van der Waals surface area contributed by atoms with Gasteiger partial charge < -0.3 is 14.8 Å². The minimum absolute atomic E-state index is 0.0458. The molecule has 0 amide bonds. The molecule has 1 aromatic heterocycles. The standard InChI is InChI=1S/C12H11NO4/c1-2-17-12(16)10-7-5-6-13-9(7)4-3-8(10)11(14)15/h3-6,13H,2H2,1H3,(H,14,15). The van der Waals surface area contributed by atoms with Gasteiger partial charge in [-0.1, -0.05) is 0 Å². The number of hydrogen-bond donors (Lipinski definition) is 2. The molecule has 0 aliphatic rings. The molecule has 0 saturated carbocycles. The Balaban J connectivity index is 2.69. The van der Waals surface area contributed by atoms with E-state index in [2.05, 4.69) is 4.98 Å². The molecule has 17 heavy (non-hydrogen) atoms. The lowest BCUT2D eigenvalue weighted by Gasteiger charge is -2.07. The summed E-state index contributed by atoms with van der Waals surface area (Å²) in [6.45, 7) is 1.88. The minimum atomic E-state index is -1.14. The van der Waals surface area contributed by atoms with Gasteiger partial charge in [0.15, 0.2) is 0 Å². The molecule has 5 heteroatoms. The number of carboxylic acid groups (broad SMARTS) is 1. The van der Waals surface area contributed by atoms with Crippen molar-refractivity contribution in [2.45, 2.75) is 6.92 Å². The number of carboxylic acids is 1. The van der Waals surface area contributed by atoms with Crippen LogP contribution in [0.25, 0.3) is 10.9 Å². The lowest BCUT2D eigenvalue weighted by molar-refractivity contribution is 0.0517. The fourth-order valence-electron chi connectivity index (χ4n) is 1.73. The number of rotatable bonds is 3. The molecule has 0 atom stereocenters. The summed E-state index contributed by atoms with van der Waals surface area (Å²) in [6.07, 6.45) is 1.65. The lowest BCUT2D eigenvalue weighted by atomic mass is 10.0. The molecule has 0 saturated heterocycles. The molecule has 0 aliphatic heterocycles. The monoisotopic (exact) mass is 233 g/mol. The third-order valence-corrected chi connectivity index (χ3v) is 2.44. The van der Waals surface area contributed by atoms with Crippen molar-refractivity contribution in [2.75, 3.05) is 6.61 Å². The fourth-order valence-corrected chi connectivity index (χ4v) is 1.73. The second-order valence-electron chi connectivity index (χ2n) is 3.45. The third-order valence-electron chi connectivity index (χ3n) is 2.44. The van der Waals surface area contributed by atoms with Gasteiger partial charge in [0, 0.05) is 17.1 Å². The van der Waals surface area contributed by atoms with Gasteiger partial charge >= 0.3 is 11.9 Å². The molecular formula is C12H11NO4. The summed E-state index contributed by atoms with van der Waals surface area (Å²) in [6, 6.07) is 4.68. The smallest absolute Gasteiger partial charge is 0.339 e. The average molecular weight is 233 g/mol. The maximum atomic E-state index is 11.8. The van der Waals surface area contributed by atoms with Crippen LogP contribution in [0.2, 0.25) is 0 Å². The van der Waals surface area contributed by atoms with E-state index in [1.807, 2.05) is 0 Å². The summed E-state index contributed by atoms with van der Waals surface area (Å²) in [5.41, 5.74) is 0.756. The van der Waals surface area contributed by atoms with Crippen molar-refractivity contribution in [3.63, 3.8) is 0 Å². The van der Waals surface area contributed by atoms with Gasteiger partial charge in [-0.25, -0.2) is 9.59 Å². The Hall–Kier alpha value is -2.30. The molecule has 1 aromatic carbocycles.